The van der Waals surface area contributed by atoms with Crippen LogP contribution in [-0.2, 0) is 4.79 Å². The zero-order valence-corrected chi connectivity index (χ0v) is 11.9. The van der Waals surface area contributed by atoms with Gasteiger partial charge >= 0.3 is 9.95 Å². The Morgan fingerprint density at radius 2 is 1.83 bits per heavy atom. The molecule has 0 N–H and O–H groups in total. The first-order chi connectivity index (χ1) is 8.38. The maximum Gasteiger partial charge on any atom is 0.337 e. The Hall–Kier alpha value is -0.200. The summed E-state index contributed by atoms with van der Waals surface area (Å²) in [5, 5.41) is 0. The number of hydrogen-bond donors (Lipinski definition) is 0. The predicted octanol–water partition coefficient (Wildman–Crippen LogP) is 3.29. The fourth-order valence-corrected chi connectivity index (χ4v) is 3.48. The molecule has 0 aromatic heterocycles. The molecule has 0 aromatic rings. The van der Waals surface area contributed by atoms with Crippen LogP contribution in [0.15, 0.2) is 0 Å². The van der Waals surface area contributed by atoms with E-state index < -0.39 is 9.95 Å². The molecule has 4 nitrogen and oxygen atoms in total. The van der Waals surface area contributed by atoms with Crippen LogP contribution in [0.4, 0.5) is 9.18 Å². The van der Waals surface area contributed by atoms with Crippen molar-refractivity contribution in [1.82, 2.24) is 9.21 Å². The number of amides is 3. The molecule has 0 aromatic carbocycles. The second kappa shape index (κ2) is 5.43. The van der Waals surface area contributed by atoms with Crippen LogP contribution in [-0.4, -0.2) is 37.6 Å². The highest BCUT2D eigenvalue weighted by Crippen LogP contribution is 2.41. The van der Waals surface area contributed by atoms with Gasteiger partial charge in [0, 0.05) is 18.0 Å². The van der Waals surface area contributed by atoms with Gasteiger partial charge in [0.2, 0.25) is 0 Å². The van der Waals surface area contributed by atoms with Crippen LogP contribution in [0.2, 0.25) is 0 Å². The lowest BCUT2D eigenvalue weighted by atomic mass is 9.94. The summed E-state index contributed by atoms with van der Waals surface area (Å²) in [7, 11) is 0. The number of alkyl halides is 3. The molecule has 8 heteroatoms. The van der Waals surface area contributed by atoms with Gasteiger partial charge in [-0.15, -0.1) is 0 Å². The van der Waals surface area contributed by atoms with Crippen LogP contribution in [0.5, 0.6) is 0 Å². The number of rotatable bonds is 3. The molecule has 1 saturated heterocycles. The topological polar surface area (TPSA) is 40.6 Å². The van der Waals surface area contributed by atoms with E-state index >= 15 is 0 Å². The Balaban J connectivity index is 2.04. The Morgan fingerprint density at radius 3 is 2.39 bits per heavy atom. The molecule has 0 radical (unpaired) electrons. The lowest BCUT2D eigenvalue weighted by Crippen LogP contribution is -2.41. The number of carbonyl (C=O) groups excluding carboxylic acids is 2. The van der Waals surface area contributed by atoms with Crippen LogP contribution in [0, 0.1) is 0 Å². The quantitative estimate of drug-likeness (QED) is 0.456. The summed E-state index contributed by atoms with van der Waals surface area (Å²) in [6, 6.07) is -0.579. The fraction of sp³-hybridized carbons (Fsp3) is 0.800. The normalized spacial score (nSPS) is 23.1. The molecular formula is C10H13Cl2FN2O2S. The second-order valence-corrected chi connectivity index (χ2v) is 7.28. The summed E-state index contributed by atoms with van der Waals surface area (Å²) >= 11 is 10.7. The zero-order valence-electron chi connectivity index (χ0n) is 9.57. The highest BCUT2D eigenvalue weighted by atomic mass is 35.5. The summed E-state index contributed by atoms with van der Waals surface area (Å²) < 4.78 is 11.5. The molecule has 18 heavy (non-hydrogen) atoms. The summed E-state index contributed by atoms with van der Waals surface area (Å²) in [5.74, 6) is -0.308. The van der Waals surface area contributed by atoms with E-state index in [1.165, 1.54) is 4.90 Å². The molecule has 2 rings (SSSR count). The number of halogens is 3. The van der Waals surface area contributed by atoms with Gasteiger partial charge in [-0.2, -0.15) is 4.39 Å². The third kappa shape index (κ3) is 3.22. The highest BCUT2D eigenvalue weighted by Gasteiger charge is 2.44. The van der Waals surface area contributed by atoms with Crippen molar-refractivity contribution in [3.05, 3.63) is 0 Å². The van der Waals surface area contributed by atoms with Crippen molar-refractivity contribution in [2.45, 2.75) is 42.1 Å². The van der Waals surface area contributed by atoms with Crippen molar-refractivity contribution in [3.8, 4) is 0 Å². The number of imide groups is 1. The maximum atomic E-state index is 13.1. The van der Waals surface area contributed by atoms with E-state index in [-0.39, 0.29) is 18.5 Å². The van der Waals surface area contributed by atoms with Crippen molar-refractivity contribution >= 4 is 47.1 Å². The maximum absolute atomic E-state index is 13.1. The van der Waals surface area contributed by atoms with Gasteiger partial charge in [-0.3, -0.25) is 14.0 Å². The molecule has 102 valence electrons. The van der Waals surface area contributed by atoms with Gasteiger partial charge < -0.3 is 0 Å². The van der Waals surface area contributed by atoms with E-state index in [2.05, 4.69) is 0 Å². The average Bonchev–Trinajstić information content (AvgIpc) is 2.53. The van der Waals surface area contributed by atoms with Crippen molar-refractivity contribution < 1.29 is 14.0 Å². The van der Waals surface area contributed by atoms with Crippen molar-refractivity contribution in [2.75, 3.05) is 6.54 Å². The first kappa shape index (κ1) is 14.2. The molecule has 0 bridgehead atoms. The molecule has 0 atom stereocenters. The largest absolute Gasteiger partial charge is 0.337 e. The minimum absolute atomic E-state index is 0.0657. The summed E-state index contributed by atoms with van der Waals surface area (Å²) in [6.07, 6.45) is 4.78. The minimum Gasteiger partial charge on any atom is -0.272 e. The van der Waals surface area contributed by atoms with Crippen molar-refractivity contribution in [2.24, 2.45) is 0 Å². The molecule has 3 amide bonds. The third-order valence-corrected chi connectivity index (χ3v) is 4.25. The predicted molar refractivity (Wildman–Crippen MR) is 69.0 cm³/mol. The molecule has 2 fully saturated rings. The van der Waals surface area contributed by atoms with Gasteiger partial charge in [0.05, 0.1) is 0 Å². The van der Waals surface area contributed by atoms with Crippen molar-refractivity contribution in [3.63, 3.8) is 0 Å². The molecular weight excluding hydrogens is 302 g/mol. The lowest BCUT2D eigenvalue weighted by Gasteiger charge is -2.29. The van der Waals surface area contributed by atoms with Crippen LogP contribution in [0.25, 0.3) is 0 Å². The highest BCUT2D eigenvalue weighted by molar-refractivity contribution is 8.01. The average molecular weight is 315 g/mol. The monoisotopic (exact) mass is 314 g/mol. The van der Waals surface area contributed by atoms with Gasteiger partial charge in [-0.05, 0) is 12.8 Å². The fourth-order valence-electron chi connectivity index (χ4n) is 2.39. The summed E-state index contributed by atoms with van der Waals surface area (Å²) in [4.78, 5) is 25.1. The first-order valence-corrected chi connectivity index (χ1v) is 7.31. The SMILES string of the molecule is O=C1CN(SC(F)(Cl)Cl)C(=O)N1C1CCCCC1. The third-order valence-electron chi connectivity index (χ3n) is 3.12. The standard InChI is InChI=1S/C10H13Cl2FN2O2S/c11-10(12,13)18-14-6-8(16)15(9(14)17)7-4-2-1-3-5-7/h7H,1-6H2. The van der Waals surface area contributed by atoms with Gasteiger partial charge in [0.25, 0.3) is 5.91 Å². The van der Waals surface area contributed by atoms with Gasteiger partial charge in [0.1, 0.15) is 6.54 Å². The lowest BCUT2D eigenvalue weighted by molar-refractivity contribution is -0.127. The van der Waals surface area contributed by atoms with E-state index in [0.717, 1.165) is 36.4 Å². The summed E-state index contributed by atoms with van der Waals surface area (Å²) in [5.41, 5.74) is 0. The number of nitrogens with zero attached hydrogens (tertiary/aromatic N) is 2. The van der Waals surface area contributed by atoms with Gasteiger partial charge in [0.15, 0.2) is 0 Å². The second-order valence-electron chi connectivity index (χ2n) is 4.41. The Morgan fingerprint density at radius 1 is 1.22 bits per heavy atom. The van der Waals surface area contributed by atoms with Crippen LogP contribution in [0.3, 0.4) is 0 Å². The summed E-state index contributed by atoms with van der Waals surface area (Å²) in [6.45, 7) is -0.175. The molecule has 0 spiro atoms. The van der Waals surface area contributed by atoms with Gasteiger partial charge in [-0.1, -0.05) is 42.5 Å². The smallest absolute Gasteiger partial charge is 0.272 e. The van der Waals surface area contributed by atoms with Gasteiger partial charge in [-0.25, -0.2) is 4.79 Å². The van der Waals surface area contributed by atoms with E-state index in [1.54, 1.807) is 0 Å². The molecule has 1 aliphatic carbocycles. The number of carbonyl (C=O) groups is 2. The Kier molecular flexibility index (Phi) is 4.29. The van der Waals surface area contributed by atoms with E-state index in [0.29, 0.717) is 11.9 Å². The van der Waals surface area contributed by atoms with Crippen LogP contribution < -0.4 is 0 Å². The number of hydrogen-bond acceptors (Lipinski definition) is 3. The van der Waals surface area contributed by atoms with Crippen molar-refractivity contribution in [1.29, 1.82) is 0 Å². The minimum atomic E-state index is -2.60. The van der Waals surface area contributed by atoms with Crippen LogP contribution >= 0.6 is 35.1 Å². The molecule has 1 heterocycles. The van der Waals surface area contributed by atoms with E-state index in [1.807, 2.05) is 0 Å². The Bertz CT molecular complexity index is 358. The number of urea groups is 1. The molecule has 2 aliphatic rings. The zero-order chi connectivity index (χ0) is 13.3. The van der Waals surface area contributed by atoms with E-state index in [9.17, 15) is 14.0 Å². The Labute approximate surface area is 119 Å². The first-order valence-electron chi connectivity index (χ1n) is 5.78. The molecule has 0 unspecified atom stereocenters. The molecule has 1 saturated carbocycles. The molecule has 1 aliphatic heterocycles. The van der Waals surface area contributed by atoms with Crippen LogP contribution in [0.1, 0.15) is 32.1 Å². The van der Waals surface area contributed by atoms with E-state index in [4.69, 9.17) is 23.2 Å².